The Hall–Kier alpha value is -2.04. The zero-order chi connectivity index (χ0) is 12.4. The number of carbonyl (C=O) groups is 2. The molecule has 0 spiro atoms. The molecule has 0 radical (unpaired) electrons. The number of aliphatic carboxylic acids is 1. The number of benzene rings is 1. The minimum atomic E-state index is -1.01. The second kappa shape index (κ2) is 4.45. The summed E-state index contributed by atoms with van der Waals surface area (Å²) in [6, 6.07) is 9.33. The fourth-order valence-corrected chi connectivity index (χ4v) is 2.07. The summed E-state index contributed by atoms with van der Waals surface area (Å²) >= 11 is 0. The van der Waals surface area contributed by atoms with E-state index in [9.17, 15) is 9.59 Å². The minimum Gasteiger partial charge on any atom is -0.480 e. The Kier molecular flexibility index (Phi) is 2.99. The number of carbonyl (C=O) groups excluding carboxylic acids is 1. The van der Waals surface area contributed by atoms with Gasteiger partial charge in [0.05, 0.1) is 18.2 Å². The molecule has 5 heteroatoms. The van der Waals surface area contributed by atoms with E-state index in [4.69, 9.17) is 5.11 Å². The Morgan fingerprint density at radius 1 is 1.41 bits per heavy atom. The lowest BCUT2D eigenvalue weighted by molar-refractivity contribution is -0.143. The van der Waals surface area contributed by atoms with Crippen molar-refractivity contribution in [1.29, 1.82) is 0 Å². The van der Waals surface area contributed by atoms with Crippen molar-refractivity contribution in [1.82, 2.24) is 5.01 Å². The van der Waals surface area contributed by atoms with Gasteiger partial charge in [0.2, 0.25) is 5.91 Å². The number of amides is 1. The summed E-state index contributed by atoms with van der Waals surface area (Å²) in [4.78, 5) is 22.5. The van der Waals surface area contributed by atoms with Gasteiger partial charge in [-0.05, 0) is 19.1 Å². The normalized spacial score (nSPS) is 19.8. The first-order valence-corrected chi connectivity index (χ1v) is 5.46. The van der Waals surface area contributed by atoms with Crippen LogP contribution in [-0.4, -0.2) is 34.6 Å². The predicted octanol–water partition coefficient (Wildman–Crippen LogP) is 1.11. The van der Waals surface area contributed by atoms with Gasteiger partial charge >= 0.3 is 5.97 Å². The van der Waals surface area contributed by atoms with E-state index in [0.717, 1.165) is 5.69 Å². The molecule has 17 heavy (non-hydrogen) atoms. The molecule has 5 nitrogen and oxygen atoms in total. The lowest BCUT2D eigenvalue weighted by Crippen LogP contribution is -2.44. The molecule has 1 unspecified atom stereocenters. The fourth-order valence-electron chi connectivity index (χ4n) is 2.07. The molecule has 1 aliphatic rings. The maximum atomic E-state index is 11.7. The van der Waals surface area contributed by atoms with Crippen LogP contribution in [0.5, 0.6) is 0 Å². The standard InChI is InChI=1S/C12H14N2O3/c1-9-7-11(15)13(8-12(16)17)14(9)10-5-3-2-4-6-10/h2-6,9H,7-8H2,1H3,(H,16,17). The van der Waals surface area contributed by atoms with Crippen LogP contribution in [0, 0.1) is 0 Å². The van der Waals surface area contributed by atoms with Gasteiger partial charge in [0, 0.05) is 0 Å². The van der Waals surface area contributed by atoms with Gasteiger partial charge in [-0.25, -0.2) is 5.01 Å². The van der Waals surface area contributed by atoms with Gasteiger partial charge < -0.3 is 5.11 Å². The summed E-state index contributed by atoms with van der Waals surface area (Å²) in [5.74, 6) is -1.16. The van der Waals surface area contributed by atoms with E-state index in [1.807, 2.05) is 37.3 Å². The predicted molar refractivity (Wildman–Crippen MR) is 62.3 cm³/mol. The number of rotatable bonds is 3. The molecule has 90 valence electrons. The van der Waals surface area contributed by atoms with Crippen molar-refractivity contribution in [2.45, 2.75) is 19.4 Å². The van der Waals surface area contributed by atoms with Crippen molar-refractivity contribution in [3.8, 4) is 0 Å². The summed E-state index contributed by atoms with van der Waals surface area (Å²) in [7, 11) is 0. The van der Waals surface area contributed by atoms with E-state index >= 15 is 0 Å². The Bertz CT molecular complexity index is 433. The third kappa shape index (κ3) is 2.22. The Morgan fingerprint density at radius 2 is 2.06 bits per heavy atom. The van der Waals surface area contributed by atoms with Crippen LogP contribution in [-0.2, 0) is 9.59 Å². The third-order valence-electron chi connectivity index (χ3n) is 2.74. The van der Waals surface area contributed by atoms with Crippen molar-refractivity contribution in [2.24, 2.45) is 0 Å². The number of hydrogen-bond acceptors (Lipinski definition) is 3. The molecule has 1 aromatic rings. The Balaban J connectivity index is 2.29. The molecule has 0 aromatic heterocycles. The summed E-state index contributed by atoms with van der Waals surface area (Å²) in [6.45, 7) is 1.62. The first-order valence-electron chi connectivity index (χ1n) is 5.46. The van der Waals surface area contributed by atoms with Gasteiger partial charge in [0.25, 0.3) is 0 Å². The van der Waals surface area contributed by atoms with Crippen LogP contribution in [0.3, 0.4) is 0 Å². The molecule has 0 aliphatic carbocycles. The van der Waals surface area contributed by atoms with Gasteiger partial charge in [-0.3, -0.25) is 14.6 Å². The van der Waals surface area contributed by atoms with E-state index in [1.54, 1.807) is 5.01 Å². The van der Waals surface area contributed by atoms with Crippen molar-refractivity contribution < 1.29 is 14.7 Å². The summed E-state index contributed by atoms with van der Waals surface area (Å²) < 4.78 is 0. The van der Waals surface area contributed by atoms with Crippen LogP contribution < -0.4 is 5.01 Å². The second-order valence-electron chi connectivity index (χ2n) is 4.08. The number of nitrogens with zero attached hydrogens (tertiary/aromatic N) is 2. The lowest BCUT2D eigenvalue weighted by Gasteiger charge is -2.31. The topological polar surface area (TPSA) is 60.9 Å². The zero-order valence-electron chi connectivity index (χ0n) is 9.54. The highest BCUT2D eigenvalue weighted by Gasteiger charge is 2.36. The molecular weight excluding hydrogens is 220 g/mol. The molecule has 1 atom stereocenters. The van der Waals surface area contributed by atoms with Crippen molar-refractivity contribution in [2.75, 3.05) is 11.6 Å². The van der Waals surface area contributed by atoms with Crippen LogP contribution in [0.15, 0.2) is 30.3 Å². The average molecular weight is 234 g/mol. The van der Waals surface area contributed by atoms with Gasteiger partial charge in [-0.15, -0.1) is 0 Å². The number of hydrogen-bond donors (Lipinski definition) is 1. The SMILES string of the molecule is CC1CC(=O)N(CC(=O)O)N1c1ccccc1. The van der Waals surface area contributed by atoms with Crippen LogP contribution in [0.4, 0.5) is 5.69 Å². The summed E-state index contributed by atoms with van der Waals surface area (Å²) in [5, 5.41) is 11.9. The summed E-state index contributed by atoms with van der Waals surface area (Å²) in [5.41, 5.74) is 0.840. The van der Waals surface area contributed by atoms with Crippen LogP contribution in [0.2, 0.25) is 0 Å². The number of anilines is 1. The second-order valence-corrected chi connectivity index (χ2v) is 4.08. The Morgan fingerprint density at radius 3 is 2.65 bits per heavy atom. The van der Waals surface area contributed by atoms with Gasteiger partial charge in [-0.1, -0.05) is 18.2 Å². The van der Waals surface area contributed by atoms with Gasteiger partial charge in [-0.2, -0.15) is 0 Å². The zero-order valence-corrected chi connectivity index (χ0v) is 9.54. The molecule has 1 N–H and O–H groups in total. The monoisotopic (exact) mass is 234 g/mol. The van der Waals surface area contributed by atoms with Crippen LogP contribution >= 0.6 is 0 Å². The maximum Gasteiger partial charge on any atom is 0.325 e. The van der Waals surface area contributed by atoms with Crippen molar-refractivity contribution in [3.63, 3.8) is 0 Å². The molecule has 1 aliphatic heterocycles. The highest BCUT2D eigenvalue weighted by Crippen LogP contribution is 2.26. The van der Waals surface area contributed by atoms with E-state index in [2.05, 4.69) is 0 Å². The molecule has 1 heterocycles. The molecule has 1 fully saturated rings. The highest BCUT2D eigenvalue weighted by atomic mass is 16.4. The van der Waals surface area contributed by atoms with E-state index in [0.29, 0.717) is 6.42 Å². The number of carboxylic acid groups (broad SMARTS) is 1. The maximum absolute atomic E-state index is 11.7. The first-order chi connectivity index (χ1) is 8.09. The summed E-state index contributed by atoms with van der Waals surface area (Å²) in [6.07, 6.45) is 0.349. The number of para-hydroxylation sites is 1. The number of hydrazine groups is 1. The van der Waals surface area contributed by atoms with Crippen LogP contribution in [0.1, 0.15) is 13.3 Å². The number of carboxylic acids is 1. The quantitative estimate of drug-likeness (QED) is 0.851. The highest BCUT2D eigenvalue weighted by molar-refractivity contribution is 5.86. The van der Waals surface area contributed by atoms with E-state index in [-0.39, 0.29) is 18.5 Å². The molecule has 1 amide bonds. The molecule has 0 bridgehead atoms. The minimum absolute atomic E-state index is 0.00995. The average Bonchev–Trinajstić information content (AvgIpc) is 2.54. The third-order valence-corrected chi connectivity index (χ3v) is 2.74. The van der Waals surface area contributed by atoms with Crippen molar-refractivity contribution >= 4 is 17.6 Å². The Labute approximate surface area is 99.2 Å². The fraction of sp³-hybridized carbons (Fsp3) is 0.333. The van der Waals surface area contributed by atoms with E-state index < -0.39 is 5.97 Å². The molecular formula is C12H14N2O3. The van der Waals surface area contributed by atoms with Crippen molar-refractivity contribution in [3.05, 3.63) is 30.3 Å². The lowest BCUT2D eigenvalue weighted by atomic mass is 10.2. The van der Waals surface area contributed by atoms with Gasteiger partial charge in [0.1, 0.15) is 6.54 Å². The molecule has 0 saturated carbocycles. The first kappa shape index (κ1) is 11.4. The molecule has 1 saturated heterocycles. The van der Waals surface area contributed by atoms with E-state index in [1.165, 1.54) is 5.01 Å². The van der Waals surface area contributed by atoms with Crippen LogP contribution in [0.25, 0.3) is 0 Å². The molecule has 2 rings (SSSR count). The smallest absolute Gasteiger partial charge is 0.325 e. The van der Waals surface area contributed by atoms with Gasteiger partial charge in [0.15, 0.2) is 0 Å². The largest absolute Gasteiger partial charge is 0.480 e. The molecule has 1 aromatic carbocycles.